The molecule has 1 aromatic carbocycles. The second kappa shape index (κ2) is 6.34. The molecule has 0 saturated heterocycles. The quantitative estimate of drug-likeness (QED) is 0.823. The molecule has 0 fully saturated rings. The van der Waals surface area contributed by atoms with E-state index >= 15 is 0 Å². The van der Waals surface area contributed by atoms with Crippen LogP contribution in [0.1, 0.15) is 32.3 Å². The molecule has 2 N–H and O–H groups in total. The lowest BCUT2D eigenvalue weighted by Crippen LogP contribution is -2.39. The van der Waals surface area contributed by atoms with Gasteiger partial charge in [0.05, 0.1) is 5.60 Å². The van der Waals surface area contributed by atoms with Gasteiger partial charge in [0.1, 0.15) is 5.82 Å². The van der Waals surface area contributed by atoms with Crippen molar-refractivity contribution in [1.82, 2.24) is 5.32 Å². The first-order chi connectivity index (χ1) is 8.00. The van der Waals surface area contributed by atoms with E-state index in [-0.39, 0.29) is 5.82 Å². The SMILES string of the molecule is CCC(O)(CC)CNCc1cc(Cl)ccc1F. The highest BCUT2D eigenvalue weighted by Gasteiger charge is 2.21. The van der Waals surface area contributed by atoms with Gasteiger partial charge >= 0.3 is 0 Å². The van der Waals surface area contributed by atoms with Crippen LogP contribution in [0.2, 0.25) is 5.02 Å². The fraction of sp³-hybridized carbons (Fsp3) is 0.538. The summed E-state index contributed by atoms with van der Waals surface area (Å²) in [5.41, 5.74) is -0.193. The molecular weight excluding hydrogens is 241 g/mol. The van der Waals surface area contributed by atoms with Gasteiger partial charge in [-0.25, -0.2) is 4.39 Å². The molecule has 0 saturated carbocycles. The third kappa shape index (κ3) is 4.26. The number of aliphatic hydroxyl groups is 1. The Hall–Kier alpha value is -0.640. The fourth-order valence-electron chi connectivity index (χ4n) is 1.61. The summed E-state index contributed by atoms with van der Waals surface area (Å²) >= 11 is 5.80. The van der Waals surface area contributed by atoms with E-state index in [1.54, 1.807) is 6.07 Å². The van der Waals surface area contributed by atoms with E-state index in [1.807, 2.05) is 13.8 Å². The largest absolute Gasteiger partial charge is 0.389 e. The summed E-state index contributed by atoms with van der Waals surface area (Å²) < 4.78 is 13.4. The second-order valence-corrected chi connectivity index (χ2v) is 4.71. The van der Waals surface area contributed by atoms with Crippen LogP contribution in [0, 0.1) is 5.82 Å². The fourth-order valence-corrected chi connectivity index (χ4v) is 1.80. The van der Waals surface area contributed by atoms with E-state index in [0.29, 0.717) is 36.5 Å². The van der Waals surface area contributed by atoms with E-state index in [0.717, 1.165) is 0 Å². The molecule has 0 amide bonds. The van der Waals surface area contributed by atoms with Crippen molar-refractivity contribution in [3.8, 4) is 0 Å². The topological polar surface area (TPSA) is 32.3 Å². The maximum absolute atomic E-state index is 13.4. The van der Waals surface area contributed by atoms with Crippen molar-refractivity contribution >= 4 is 11.6 Å². The standard InChI is InChI=1S/C13H19ClFNO/c1-3-13(17,4-2)9-16-8-10-7-11(14)5-6-12(10)15/h5-7,16-17H,3-4,8-9H2,1-2H3. The van der Waals surface area contributed by atoms with Crippen LogP contribution in [-0.2, 0) is 6.54 Å². The van der Waals surface area contributed by atoms with Crippen molar-refractivity contribution in [1.29, 1.82) is 0 Å². The highest BCUT2D eigenvalue weighted by atomic mass is 35.5. The molecule has 0 aliphatic heterocycles. The first-order valence-corrected chi connectivity index (χ1v) is 6.25. The van der Waals surface area contributed by atoms with Crippen molar-refractivity contribution in [2.45, 2.75) is 38.8 Å². The molecular formula is C13H19ClFNO. The first-order valence-electron chi connectivity index (χ1n) is 5.88. The molecule has 0 atom stereocenters. The van der Waals surface area contributed by atoms with Crippen LogP contribution in [0.4, 0.5) is 4.39 Å². The van der Waals surface area contributed by atoms with E-state index in [1.165, 1.54) is 12.1 Å². The van der Waals surface area contributed by atoms with Gasteiger partial charge in [0.15, 0.2) is 0 Å². The zero-order chi connectivity index (χ0) is 12.9. The summed E-state index contributed by atoms with van der Waals surface area (Å²) in [5.74, 6) is -0.279. The maximum Gasteiger partial charge on any atom is 0.127 e. The lowest BCUT2D eigenvalue weighted by atomic mass is 9.97. The Morgan fingerprint density at radius 1 is 1.35 bits per heavy atom. The lowest BCUT2D eigenvalue weighted by molar-refractivity contribution is 0.0322. The molecule has 0 unspecified atom stereocenters. The Balaban J connectivity index is 2.53. The van der Waals surface area contributed by atoms with Gasteiger partial charge in [0.25, 0.3) is 0 Å². The number of halogens is 2. The van der Waals surface area contributed by atoms with Gasteiger partial charge in [-0.2, -0.15) is 0 Å². The van der Waals surface area contributed by atoms with Crippen LogP contribution >= 0.6 is 11.6 Å². The van der Waals surface area contributed by atoms with Gasteiger partial charge in [-0.3, -0.25) is 0 Å². The lowest BCUT2D eigenvalue weighted by Gasteiger charge is -2.25. The van der Waals surface area contributed by atoms with Crippen LogP contribution < -0.4 is 5.32 Å². The molecule has 0 heterocycles. The monoisotopic (exact) mass is 259 g/mol. The zero-order valence-corrected chi connectivity index (χ0v) is 11.0. The molecule has 0 bridgehead atoms. The zero-order valence-electron chi connectivity index (χ0n) is 10.3. The number of hydrogen-bond acceptors (Lipinski definition) is 2. The number of nitrogens with one attached hydrogen (secondary N) is 1. The highest BCUT2D eigenvalue weighted by Crippen LogP contribution is 2.16. The van der Waals surface area contributed by atoms with E-state index in [4.69, 9.17) is 11.6 Å². The minimum Gasteiger partial charge on any atom is -0.389 e. The normalized spacial score (nSPS) is 11.8. The minimum absolute atomic E-state index is 0.279. The molecule has 1 rings (SSSR count). The van der Waals surface area contributed by atoms with Crippen molar-refractivity contribution in [2.24, 2.45) is 0 Å². The number of rotatable bonds is 6. The van der Waals surface area contributed by atoms with Crippen LogP contribution in [0.5, 0.6) is 0 Å². The Bertz CT molecular complexity index is 366. The van der Waals surface area contributed by atoms with Crippen LogP contribution in [0.15, 0.2) is 18.2 Å². The van der Waals surface area contributed by atoms with Gasteiger partial charge in [-0.05, 0) is 31.0 Å². The molecule has 96 valence electrons. The summed E-state index contributed by atoms with van der Waals surface area (Å²) in [5, 5.41) is 13.6. The molecule has 0 spiro atoms. The molecule has 0 aliphatic rings. The Morgan fingerprint density at radius 3 is 2.59 bits per heavy atom. The van der Waals surface area contributed by atoms with Crippen LogP contribution in [0.25, 0.3) is 0 Å². The maximum atomic E-state index is 13.4. The van der Waals surface area contributed by atoms with Gasteiger partial charge in [-0.15, -0.1) is 0 Å². The third-order valence-corrected chi connectivity index (χ3v) is 3.33. The van der Waals surface area contributed by atoms with Crippen molar-refractivity contribution < 1.29 is 9.50 Å². The molecule has 0 aliphatic carbocycles. The molecule has 0 radical (unpaired) electrons. The summed E-state index contributed by atoms with van der Waals surface area (Å²) in [7, 11) is 0. The van der Waals surface area contributed by atoms with Crippen LogP contribution in [-0.4, -0.2) is 17.3 Å². The highest BCUT2D eigenvalue weighted by molar-refractivity contribution is 6.30. The smallest absolute Gasteiger partial charge is 0.127 e. The van der Waals surface area contributed by atoms with Crippen molar-refractivity contribution in [2.75, 3.05) is 6.54 Å². The van der Waals surface area contributed by atoms with Gasteiger partial charge in [0, 0.05) is 23.7 Å². The summed E-state index contributed by atoms with van der Waals surface area (Å²) in [4.78, 5) is 0. The first kappa shape index (κ1) is 14.4. The average Bonchev–Trinajstić information content (AvgIpc) is 2.33. The van der Waals surface area contributed by atoms with Crippen LogP contribution in [0.3, 0.4) is 0 Å². The van der Waals surface area contributed by atoms with E-state index in [2.05, 4.69) is 5.32 Å². The van der Waals surface area contributed by atoms with E-state index in [9.17, 15) is 9.50 Å². The summed E-state index contributed by atoms with van der Waals surface area (Å²) in [6.07, 6.45) is 1.35. The Kier molecular flexibility index (Phi) is 5.37. The molecule has 4 heteroatoms. The van der Waals surface area contributed by atoms with Crippen molar-refractivity contribution in [3.05, 3.63) is 34.6 Å². The van der Waals surface area contributed by atoms with Gasteiger partial charge in [0.2, 0.25) is 0 Å². The average molecular weight is 260 g/mol. The van der Waals surface area contributed by atoms with E-state index < -0.39 is 5.60 Å². The predicted molar refractivity (Wildman–Crippen MR) is 68.6 cm³/mol. The molecule has 2 nitrogen and oxygen atoms in total. The Labute approximate surface area is 107 Å². The Morgan fingerprint density at radius 2 is 2.00 bits per heavy atom. The summed E-state index contributed by atoms with van der Waals surface area (Å²) in [6.45, 7) is 4.69. The molecule has 1 aromatic rings. The third-order valence-electron chi connectivity index (χ3n) is 3.09. The number of hydrogen-bond donors (Lipinski definition) is 2. The van der Waals surface area contributed by atoms with Crippen molar-refractivity contribution in [3.63, 3.8) is 0 Å². The molecule has 17 heavy (non-hydrogen) atoms. The number of benzene rings is 1. The second-order valence-electron chi connectivity index (χ2n) is 4.27. The summed E-state index contributed by atoms with van der Waals surface area (Å²) in [6, 6.07) is 4.47. The molecule has 0 aromatic heterocycles. The minimum atomic E-state index is -0.713. The van der Waals surface area contributed by atoms with Gasteiger partial charge in [-0.1, -0.05) is 25.4 Å². The van der Waals surface area contributed by atoms with Gasteiger partial charge < -0.3 is 10.4 Å². The predicted octanol–water partition coefficient (Wildman–Crippen LogP) is 3.12.